The van der Waals surface area contributed by atoms with Crippen molar-refractivity contribution in [2.75, 3.05) is 13.1 Å². The van der Waals surface area contributed by atoms with Gasteiger partial charge in [-0.15, -0.1) is 0 Å². The van der Waals surface area contributed by atoms with Crippen molar-refractivity contribution in [3.63, 3.8) is 0 Å². The summed E-state index contributed by atoms with van der Waals surface area (Å²) < 4.78 is 0. The summed E-state index contributed by atoms with van der Waals surface area (Å²) in [6.07, 6.45) is 40.6. The molecule has 1 aliphatic rings. The van der Waals surface area contributed by atoms with E-state index in [0.717, 1.165) is 6.42 Å². The van der Waals surface area contributed by atoms with Crippen molar-refractivity contribution in [1.82, 2.24) is 9.80 Å². The topological polar surface area (TPSA) is 6.48 Å². The molecule has 1 unspecified atom stereocenters. The van der Waals surface area contributed by atoms with Crippen LogP contribution in [0.3, 0.4) is 0 Å². The lowest BCUT2D eigenvalue weighted by atomic mass is 10.0. The van der Waals surface area contributed by atoms with Gasteiger partial charge in [-0.25, -0.2) is 0 Å². The minimum Gasteiger partial charge on any atom is -0.356 e. The van der Waals surface area contributed by atoms with Crippen molar-refractivity contribution in [2.24, 2.45) is 0 Å². The first-order valence-corrected chi connectivity index (χ1v) is 18.1. The molecule has 0 spiro atoms. The van der Waals surface area contributed by atoms with Gasteiger partial charge in [-0.2, -0.15) is 0 Å². The maximum atomic E-state index is 2.64. The lowest BCUT2D eigenvalue weighted by molar-refractivity contribution is 0.148. The van der Waals surface area contributed by atoms with Gasteiger partial charge in [-0.3, -0.25) is 0 Å². The molecule has 0 bridgehead atoms. The van der Waals surface area contributed by atoms with Gasteiger partial charge in [-0.1, -0.05) is 185 Å². The van der Waals surface area contributed by atoms with Crippen LogP contribution < -0.4 is 0 Å². The second-order valence-electron chi connectivity index (χ2n) is 12.7. The first kappa shape index (κ1) is 34.8. The highest BCUT2D eigenvalue weighted by atomic mass is 15.4. The van der Waals surface area contributed by atoms with Gasteiger partial charge < -0.3 is 9.80 Å². The lowest BCUT2D eigenvalue weighted by Gasteiger charge is -2.33. The SMILES string of the molecule is CCCCCCCCCCCCCCCCCCCN1C=CN(CCCCCCCCC)C1Cc1ccccc1. The molecule has 0 amide bonds. The van der Waals surface area contributed by atoms with E-state index in [9.17, 15) is 0 Å². The third-order valence-electron chi connectivity index (χ3n) is 9.02. The van der Waals surface area contributed by atoms with Crippen molar-refractivity contribution < 1.29 is 0 Å². The smallest absolute Gasteiger partial charge is 0.105 e. The molecule has 2 heteroatoms. The highest BCUT2D eigenvalue weighted by Crippen LogP contribution is 2.22. The summed E-state index contributed by atoms with van der Waals surface area (Å²) in [5, 5.41) is 0. The molecular weight excluding hydrogens is 484 g/mol. The fourth-order valence-corrected chi connectivity index (χ4v) is 6.34. The molecule has 0 aliphatic carbocycles. The first-order valence-electron chi connectivity index (χ1n) is 18.1. The summed E-state index contributed by atoms with van der Waals surface area (Å²) in [5.74, 6) is 0. The van der Waals surface area contributed by atoms with Crippen molar-refractivity contribution in [1.29, 1.82) is 0 Å². The fraction of sp³-hybridized carbons (Fsp3) is 0.789. The summed E-state index contributed by atoms with van der Waals surface area (Å²) in [7, 11) is 0. The van der Waals surface area contributed by atoms with Crippen LogP contribution in [0.1, 0.15) is 174 Å². The van der Waals surface area contributed by atoms with E-state index in [4.69, 9.17) is 0 Å². The molecule has 0 fully saturated rings. The average Bonchev–Trinajstić information content (AvgIpc) is 3.35. The third kappa shape index (κ3) is 17.4. The number of nitrogens with zero attached hydrogens (tertiary/aromatic N) is 2. The van der Waals surface area contributed by atoms with Gasteiger partial charge in [0.05, 0.1) is 0 Å². The van der Waals surface area contributed by atoms with Crippen LogP contribution in [0.25, 0.3) is 0 Å². The number of hydrogen-bond acceptors (Lipinski definition) is 2. The molecule has 1 aromatic rings. The largest absolute Gasteiger partial charge is 0.356 e. The molecular formula is C38H68N2. The summed E-state index contributed by atoms with van der Waals surface area (Å²) in [6.45, 7) is 7.02. The molecule has 1 aliphatic heterocycles. The van der Waals surface area contributed by atoms with E-state index in [1.54, 1.807) is 0 Å². The molecule has 0 saturated carbocycles. The van der Waals surface area contributed by atoms with E-state index in [1.807, 2.05) is 0 Å². The van der Waals surface area contributed by atoms with Crippen molar-refractivity contribution in [2.45, 2.75) is 181 Å². The van der Waals surface area contributed by atoms with E-state index < -0.39 is 0 Å². The molecule has 40 heavy (non-hydrogen) atoms. The second-order valence-corrected chi connectivity index (χ2v) is 12.7. The molecule has 2 rings (SSSR count). The van der Waals surface area contributed by atoms with Crippen LogP contribution in [0, 0.1) is 0 Å². The van der Waals surface area contributed by atoms with Crippen LogP contribution >= 0.6 is 0 Å². The molecule has 1 aromatic carbocycles. The van der Waals surface area contributed by atoms with E-state index in [-0.39, 0.29) is 0 Å². The van der Waals surface area contributed by atoms with Crippen LogP contribution in [-0.4, -0.2) is 29.1 Å². The Morgan fingerprint density at radius 2 is 0.750 bits per heavy atom. The van der Waals surface area contributed by atoms with E-state index in [1.165, 1.54) is 173 Å². The Morgan fingerprint density at radius 1 is 0.425 bits per heavy atom. The molecule has 0 N–H and O–H groups in total. The quantitative estimate of drug-likeness (QED) is 0.0954. The van der Waals surface area contributed by atoms with Gasteiger partial charge >= 0.3 is 0 Å². The third-order valence-corrected chi connectivity index (χ3v) is 9.02. The standard InChI is InChI=1S/C38H68N2/c1-3-5-7-9-11-12-13-14-15-16-17-18-19-20-22-24-29-33-40-35-34-39(32-28-23-21-10-8-6-4-2)38(40)36-37-30-26-25-27-31-37/h25-27,30-31,34-35,38H,3-24,28-29,32-33,36H2,1-2H3. The van der Waals surface area contributed by atoms with Gasteiger partial charge in [0.1, 0.15) is 6.17 Å². The monoisotopic (exact) mass is 553 g/mol. The maximum absolute atomic E-state index is 2.64. The summed E-state index contributed by atoms with van der Waals surface area (Å²) >= 11 is 0. The highest BCUT2D eigenvalue weighted by Gasteiger charge is 2.25. The minimum atomic E-state index is 0.503. The fourth-order valence-electron chi connectivity index (χ4n) is 6.34. The summed E-state index contributed by atoms with van der Waals surface area (Å²) in [6, 6.07) is 11.1. The molecule has 0 saturated heterocycles. The van der Waals surface area contributed by atoms with Crippen LogP contribution in [0.2, 0.25) is 0 Å². The summed E-state index contributed by atoms with van der Waals surface area (Å²) in [5.41, 5.74) is 1.47. The molecule has 230 valence electrons. The van der Waals surface area contributed by atoms with Crippen LogP contribution in [0.4, 0.5) is 0 Å². The normalized spacial score (nSPS) is 15.0. The zero-order valence-corrected chi connectivity index (χ0v) is 27.1. The minimum absolute atomic E-state index is 0.503. The van der Waals surface area contributed by atoms with Crippen molar-refractivity contribution in [3.05, 3.63) is 48.3 Å². The lowest BCUT2D eigenvalue weighted by Crippen LogP contribution is -2.41. The summed E-state index contributed by atoms with van der Waals surface area (Å²) in [4.78, 5) is 5.27. The maximum Gasteiger partial charge on any atom is 0.105 e. The van der Waals surface area contributed by atoms with Gasteiger partial charge in [0.15, 0.2) is 0 Å². The Balaban J connectivity index is 1.50. The average molecular weight is 553 g/mol. The van der Waals surface area contributed by atoms with Gasteiger partial charge in [0.25, 0.3) is 0 Å². The van der Waals surface area contributed by atoms with Gasteiger partial charge in [0.2, 0.25) is 0 Å². The Labute approximate surface area is 251 Å². The van der Waals surface area contributed by atoms with Gasteiger partial charge in [0, 0.05) is 31.9 Å². The zero-order chi connectivity index (χ0) is 28.4. The Hall–Kier alpha value is -1.44. The van der Waals surface area contributed by atoms with E-state index in [2.05, 4.69) is 66.4 Å². The van der Waals surface area contributed by atoms with Crippen LogP contribution in [-0.2, 0) is 6.42 Å². The zero-order valence-electron chi connectivity index (χ0n) is 27.1. The second kappa shape index (κ2) is 25.3. The number of benzene rings is 1. The van der Waals surface area contributed by atoms with E-state index in [0.29, 0.717) is 6.17 Å². The van der Waals surface area contributed by atoms with Gasteiger partial charge in [-0.05, 0) is 18.4 Å². The predicted octanol–water partition coefficient (Wildman–Crippen LogP) is 12.0. The predicted molar refractivity (Wildman–Crippen MR) is 179 cm³/mol. The molecule has 1 atom stereocenters. The molecule has 0 radical (unpaired) electrons. The molecule has 0 aromatic heterocycles. The number of rotatable bonds is 28. The van der Waals surface area contributed by atoms with Crippen molar-refractivity contribution in [3.8, 4) is 0 Å². The number of unbranched alkanes of at least 4 members (excludes halogenated alkanes) is 22. The Bertz CT molecular complexity index is 684. The highest BCUT2D eigenvalue weighted by molar-refractivity contribution is 5.17. The van der Waals surface area contributed by atoms with Crippen LogP contribution in [0.15, 0.2) is 42.7 Å². The van der Waals surface area contributed by atoms with Crippen molar-refractivity contribution >= 4 is 0 Å². The Kier molecular flexibility index (Phi) is 22.0. The number of hydrogen-bond donors (Lipinski definition) is 0. The molecule has 2 nitrogen and oxygen atoms in total. The Morgan fingerprint density at radius 3 is 1.10 bits per heavy atom. The van der Waals surface area contributed by atoms with E-state index >= 15 is 0 Å². The van der Waals surface area contributed by atoms with Crippen LogP contribution in [0.5, 0.6) is 0 Å². The first-order chi connectivity index (χ1) is 19.8. The molecule has 1 heterocycles.